The van der Waals surface area contributed by atoms with Crippen LogP contribution in [0.3, 0.4) is 0 Å². The van der Waals surface area contributed by atoms with E-state index in [0.29, 0.717) is 17.2 Å². The lowest BCUT2D eigenvalue weighted by atomic mass is 9.95. The van der Waals surface area contributed by atoms with Crippen molar-refractivity contribution in [1.29, 1.82) is 0 Å². The fourth-order valence-corrected chi connectivity index (χ4v) is 4.33. The van der Waals surface area contributed by atoms with Crippen LogP contribution < -0.4 is 14.2 Å². The Morgan fingerprint density at radius 2 is 1.34 bits per heavy atom. The van der Waals surface area contributed by atoms with Crippen molar-refractivity contribution in [3.63, 3.8) is 0 Å². The van der Waals surface area contributed by atoms with Crippen molar-refractivity contribution in [1.82, 2.24) is 9.97 Å². The quantitative estimate of drug-likeness (QED) is 0.257. The van der Waals surface area contributed by atoms with E-state index >= 15 is 0 Å². The van der Waals surface area contributed by atoms with Crippen LogP contribution >= 0.6 is 0 Å². The number of benzene rings is 4. The average molecular weight is 425 g/mol. The minimum atomic E-state index is 0.580. The van der Waals surface area contributed by atoms with Gasteiger partial charge in [0.25, 0.3) is 0 Å². The lowest BCUT2D eigenvalue weighted by molar-refractivity contribution is 0.327. The summed E-state index contributed by atoms with van der Waals surface area (Å²) in [6.07, 6.45) is 1.73. The molecule has 0 N–H and O–H groups in total. The number of methoxy groups -OCH3 is 3. The lowest BCUT2D eigenvalue weighted by Crippen LogP contribution is -2.01. The second-order valence-electron chi connectivity index (χ2n) is 7.67. The van der Waals surface area contributed by atoms with E-state index in [4.69, 9.17) is 24.2 Å². The summed E-state index contributed by atoms with van der Waals surface area (Å²) in [4.78, 5) is 9.88. The highest BCUT2D eigenvalue weighted by molar-refractivity contribution is 6.11. The Labute approximate surface area is 186 Å². The monoisotopic (exact) mass is 424 g/mol. The van der Waals surface area contributed by atoms with Gasteiger partial charge in [0.15, 0.2) is 11.5 Å². The van der Waals surface area contributed by atoms with Crippen molar-refractivity contribution < 1.29 is 14.2 Å². The summed E-state index contributed by atoms with van der Waals surface area (Å²) in [7, 11) is 4.92. The fraction of sp³-hybridized carbons (Fsp3) is 0.185. The third kappa shape index (κ3) is 3.36. The molecule has 5 nitrogen and oxygen atoms in total. The lowest BCUT2D eigenvalue weighted by Gasteiger charge is -2.18. The number of aryl methyl sites for hydroxylation is 2. The zero-order valence-corrected chi connectivity index (χ0v) is 18.4. The second kappa shape index (κ2) is 8.35. The molecule has 0 amide bonds. The van der Waals surface area contributed by atoms with Gasteiger partial charge in [0, 0.05) is 10.8 Å². The summed E-state index contributed by atoms with van der Waals surface area (Å²) in [6.45, 7) is 0. The molecule has 0 radical (unpaired) electrons. The topological polar surface area (TPSA) is 53.5 Å². The Kier molecular flexibility index (Phi) is 5.23. The van der Waals surface area contributed by atoms with E-state index in [1.165, 1.54) is 5.56 Å². The number of para-hydroxylation sites is 2. The van der Waals surface area contributed by atoms with Crippen LogP contribution in [-0.2, 0) is 12.8 Å². The Balaban J connectivity index is 1.83. The predicted octanol–water partition coefficient (Wildman–Crippen LogP) is 5.75. The number of nitrogens with zero attached hydrogens (tertiary/aromatic N) is 2. The Morgan fingerprint density at radius 3 is 2.03 bits per heavy atom. The third-order valence-electron chi connectivity index (χ3n) is 5.84. The Bertz CT molecular complexity index is 1430. The molecule has 160 valence electrons. The Hall–Kier alpha value is -3.86. The van der Waals surface area contributed by atoms with Gasteiger partial charge in [-0.1, -0.05) is 42.5 Å². The van der Waals surface area contributed by atoms with Gasteiger partial charge in [-0.25, -0.2) is 9.97 Å². The van der Waals surface area contributed by atoms with E-state index in [1.807, 2.05) is 36.4 Å². The maximum Gasteiger partial charge on any atom is 0.203 e. The highest BCUT2D eigenvalue weighted by atomic mass is 16.5. The van der Waals surface area contributed by atoms with E-state index < -0.39 is 0 Å². The van der Waals surface area contributed by atoms with E-state index in [2.05, 4.69) is 30.3 Å². The molecule has 1 heterocycles. The zero-order chi connectivity index (χ0) is 22.1. The molecule has 5 aromatic rings. The van der Waals surface area contributed by atoms with Crippen LogP contribution in [0.1, 0.15) is 11.1 Å². The first-order valence-corrected chi connectivity index (χ1v) is 10.6. The van der Waals surface area contributed by atoms with Gasteiger partial charge < -0.3 is 14.2 Å². The molecule has 0 spiro atoms. The van der Waals surface area contributed by atoms with Gasteiger partial charge in [-0.15, -0.1) is 0 Å². The molecule has 1 aromatic heterocycles. The normalized spacial score (nSPS) is 11.2. The fourth-order valence-electron chi connectivity index (χ4n) is 4.33. The largest absolute Gasteiger partial charge is 0.493 e. The second-order valence-corrected chi connectivity index (χ2v) is 7.67. The maximum absolute atomic E-state index is 5.87. The van der Waals surface area contributed by atoms with E-state index in [0.717, 1.165) is 51.2 Å². The van der Waals surface area contributed by atoms with E-state index in [1.54, 1.807) is 21.3 Å². The molecule has 0 aliphatic carbocycles. The van der Waals surface area contributed by atoms with Gasteiger partial charge in [0.05, 0.1) is 43.4 Å². The average Bonchev–Trinajstić information content (AvgIpc) is 2.85. The van der Waals surface area contributed by atoms with E-state index in [-0.39, 0.29) is 0 Å². The predicted molar refractivity (Wildman–Crippen MR) is 128 cm³/mol. The maximum atomic E-state index is 5.87. The molecule has 0 fully saturated rings. The SMILES string of the molecule is COc1cc2c(c(CCc3ccccc3)cc3nc4ccccc4nc32)c(OC)c1OC. The highest BCUT2D eigenvalue weighted by Gasteiger charge is 2.21. The first-order valence-electron chi connectivity index (χ1n) is 10.6. The third-order valence-corrected chi connectivity index (χ3v) is 5.84. The minimum absolute atomic E-state index is 0.580. The van der Waals surface area contributed by atoms with Crippen molar-refractivity contribution in [2.75, 3.05) is 21.3 Å². The van der Waals surface area contributed by atoms with Crippen molar-refractivity contribution in [3.05, 3.63) is 77.9 Å². The van der Waals surface area contributed by atoms with Gasteiger partial charge in [0.1, 0.15) is 0 Å². The van der Waals surface area contributed by atoms with Crippen LogP contribution in [0.25, 0.3) is 32.8 Å². The smallest absolute Gasteiger partial charge is 0.203 e. The zero-order valence-electron chi connectivity index (χ0n) is 18.4. The van der Waals surface area contributed by atoms with Gasteiger partial charge in [-0.2, -0.15) is 0 Å². The number of fused-ring (bicyclic) bond motifs is 4. The highest BCUT2D eigenvalue weighted by Crippen LogP contribution is 2.46. The Morgan fingerprint density at radius 1 is 0.656 bits per heavy atom. The molecular formula is C27H24N2O3. The summed E-state index contributed by atoms with van der Waals surface area (Å²) in [5.74, 6) is 1.84. The summed E-state index contributed by atoms with van der Waals surface area (Å²) >= 11 is 0. The summed E-state index contributed by atoms with van der Waals surface area (Å²) < 4.78 is 17.2. The van der Waals surface area contributed by atoms with E-state index in [9.17, 15) is 0 Å². The van der Waals surface area contributed by atoms with Gasteiger partial charge in [0.2, 0.25) is 5.75 Å². The van der Waals surface area contributed by atoms with Gasteiger partial charge in [-0.05, 0) is 48.2 Å². The van der Waals surface area contributed by atoms with Crippen LogP contribution in [0, 0.1) is 0 Å². The number of rotatable bonds is 6. The standard InChI is InChI=1S/C27H24N2O3/c1-30-23-16-19-24(27(32-3)26(23)31-2)18(14-13-17-9-5-4-6-10-17)15-22-25(19)29-21-12-8-7-11-20(21)28-22/h4-12,15-16H,13-14H2,1-3H3. The molecule has 0 saturated heterocycles. The number of hydrogen-bond donors (Lipinski definition) is 0. The molecule has 0 aliphatic heterocycles. The van der Waals surface area contributed by atoms with Gasteiger partial charge in [-0.3, -0.25) is 0 Å². The van der Waals surface area contributed by atoms with Gasteiger partial charge >= 0.3 is 0 Å². The molecule has 32 heavy (non-hydrogen) atoms. The number of aromatic nitrogens is 2. The van der Waals surface area contributed by atoms with Crippen molar-refractivity contribution in [3.8, 4) is 17.2 Å². The summed E-state index contributed by atoms with van der Waals surface area (Å²) in [5.41, 5.74) is 5.83. The first-order chi connectivity index (χ1) is 15.7. The molecule has 5 heteroatoms. The molecule has 0 saturated carbocycles. The van der Waals surface area contributed by atoms with Crippen LogP contribution in [-0.4, -0.2) is 31.3 Å². The van der Waals surface area contributed by atoms with Crippen LogP contribution in [0.4, 0.5) is 0 Å². The molecule has 5 rings (SSSR count). The van der Waals surface area contributed by atoms with Crippen molar-refractivity contribution in [2.24, 2.45) is 0 Å². The van der Waals surface area contributed by atoms with Crippen LogP contribution in [0.15, 0.2) is 66.7 Å². The minimum Gasteiger partial charge on any atom is -0.493 e. The molecule has 0 unspecified atom stereocenters. The van der Waals surface area contributed by atoms with Crippen molar-refractivity contribution >= 4 is 32.8 Å². The molecule has 0 bridgehead atoms. The summed E-state index contributed by atoms with van der Waals surface area (Å²) in [6, 6.07) is 22.5. The van der Waals surface area contributed by atoms with Crippen LogP contribution in [0.5, 0.6) is 17.2 Å². The van der Waals surface area contributed by atoms with Crippen molar-refractivity contribution in [2.45, 2.75) is 12.8 Å². The first kappa shape index (κ1) is 20.1. The molecule has 0 atom stereocenters. The number of hydrogen-bond acceptors (Lipinski definition) is 5. The van der Waals surface area contributed by atoms with Crippen LogP contribution in [0.2, 0.25) is 0 Å². The number of ether oxygens (including phenoxy) is 3. The molecular weight excluding hydrogens is 400 g/mol. The molecule has 0 aliphatic rings. The summed E-state index contributed by atoms with van der Waals surface area (Å²) in [5, 5.41) is 1.93. The molecule has 4 aromatic carbocycles.